The van der Waals surface area contributed by atoms with Crippen LogP contribution in [-0.4, -0.2) is 41.1 Å². The molecule has 0 heterocycles. The SMILES string of the molecule is NC(N)(N)C(N)(N)N.[NaH]. The van der Waals surface area contributed by atoms with Crippen LogP contribution in [-0.2, 0) is 0 Å². The van der Waals surface area contributed by atoms with Crippen molar-refractivity contribution < 1.29 is 0 Å². The summed E-state index contributed by atoms with van der Waals surface area (Å²) in [5.74, 6) is -3.46. The van der Waals surface area contributed by atoms with E-state index in [-0.39, 0.29) is 29.6 Å². The summed E-state index contributed by atoms with van der Waals surface area (Å²) in [7, 11) is 0. The Hall–Kier alpha value is 0.760. The Morgan fingerprint density at radius 3 is 0.667 bits per heavy atom. The summed E-state index contributed by atoms with van der Waals surface area (Å²) in [5.41, 5.74) is 30.0. The van der Waals surface area contributed by atoms with Crippen LogP contribution in [0.3, 0.4) is 0 Å². The van der Waals surface area contributed by atoms with E-state index in [0.29, 0.717) is 0 Å². The molecular formula is C2H13N6Na. The summed E-state index contributed by atoms with van der Waals surface area (Å²) in [6, 6.07) is 0. The van der Waals surface area contributed by atoms with Gasteiger partial charge in [0.05, 0.1) is 0 Å². The molecule has 0 atom stereocenters. The molecule has 0 fully saturated rings. The van der Waals surface area contributed by atoms with Crippen LogP contribution < -0.4 is 34.4 Å². The molecule has 0 aromatic rings. The summed E-state index contributed by atoms with van der Waals surface area (Å²) in [6.07, 6.45) is 0. The first-order valence-electron chi connectivity index (χ1n) is 1.98. The summed E-state index contributed by atoms with van der Waals surface area (Å²) < 4.78 is 0. The van der Waals surface area contributed by atoms with Gasteiger partial charge in [-0.25, -0.2) is 0 Å². The van der Waals surface area contributed by atoms with E-state index in [0.717, 1.165) is 0 Å². The van der Waals surface area contributed by atoms with Crippen LogP contribution in [0, 0.1) is 0 Å². The van der Waals surface area contributed by atoms with Crippen molar-refractivity contribution in [3.63, 3.8) is 0 Å². The second-order valence-electron chi connectivity index (χ2n) is 1.87. The third-order valence-corrected chi connectivity index (χ3v) is 0.750. The number of hydrogen-bond acceptors (Lipinski definition) is 6. The monoisotopic (exact) mass is 144 g/mol. The van der Waals surface area contributed by atoms with Gasteiger partial charge in [-0.15, -0.1) is 0 Å². The molecule has 0 aromatic carbocycles. The van der Waals surface area contributed by atoms with Gasteiger partial charge in [0.15, 0.2) is 11.6 Å². The second-order valence-corrected chi connectivity index (χ2v) is 1.87. The molecule has 0 rings (SSSR count). The van der Waals surface area contributed by atoms with Crippen LogP contribution in [0.15, 0.2) is 0 Å². The quantitative estimate of drug-likeness (QED) is 0.160. The molecule has 0 radical (unpaired) electrons. The molecule has 12 N–H and O–H groups in total. The topological polar surface area (TPSA) is 156 Å². The average molecular weight is 144 g/mol. The fourth-order valence-electron chi connectivity index (χ4n) is 0. The van der Waals surface area contributed by atoms with Crippen LogP contribution in [0.25, 0.3) is 0 Å². The summed E-state index contributed by atoms with van der Waals surface area (Å²) in [5, 5.41) is 0. The molecular weight excluding hydrogens is 131 g/mol. The minimum absolute atomic E-state index is 0. The maximum absolute atomic E-state index is 4.99. The van der Waals surface area contributed by atoms with Crippen LogP contribution in [0.2, 0.25) is 0 Å². The van der Waals surface area contributed by atoms with Gasteiger partial charge in [0.2, 0.25) is 0 Å². The van der Waals surface area contributed by atoms with Crippen LogP contribution in [0.5, 0.6) is 0 Å². The van der Waals surface area contributed by atoms with E-state index >= 15 is 0 Å². The van der Waals surface area contributed by atoms with Gasteiger partial charge in [-0.3, -0.25) is 34.4 Å². The van der Waals surface area contributed by atoms with E-state index in [4.69, 9.17) is 34.4 Å². The van der Waals surface area contributed by atoms with E-state index in [9.17, 15) is 0 Å². The van der Waals surface area contributed by atoms with E-state index in [1.807, 2.05) is 0 Å². The average Bonchev–Trinajstić information content (AvgIpc) is 1.25. The summed E-state index contributed by atoms with van der Waals surface area (Å²) in [6.45, 7) is 0. The number of hydrogen-bond donors (Lipinski definition) is 6. The molecule has 0 bridgehead atoms. The summed E-state index contributed by atoms with van der Waals surface area (Å²) >= 11 is 0. The zero-order valence-corrected chi connectivity index (χ0v) is 4.46. The molecule has 0 amide bonds. The van der Waals surface area contributed by atoms with Gasteiger partial charge in [-0.2, -0.15) is 0 Å². The van der Waals surface area contributed by atoms with Crippen molar-refractivity contribution in [2.45, 2.75) is 11.6 Å². The maximum atomic E-state index is 4.99. The molecule has 0 aliphatic heterocycles. The van der Waals surface area contributed by atoms with Crippen LogP contribution in [0.4, 0.5) is 0 Å². The Balaban J connectivity index is 0. The Labute approximate surface area is 75.6 Å². The van der Waals surface area contributed by atoms with Crippen molar-refractivity contribution in [2.24, 2.45) is 34.4 Å². The van der Waals surface area contributed by atoms with Crippen molar-refractivity contribution in [1.82, 2.24) is 0 Å². The Morgan fingerprint density at radius 1 is 0.556 bits per heavy atom. The zero-order valence-electron chi connectivity index (χ0n) is 4.46. The fourth-order valence-corrected chi connectivity index (χ4v) is 0. The molecule has 7 heteroatoms. The zero-order chi connectivity index (χ0) is 7.00. The third-order valence-electron chi connectivity index (χ3n) is 0.750. The Bertz CT molecular complexity index is 66.0. The van der Waals surface area contributed by atoms with Gasteiger partial charge >= 0.3 is 29.6 Å². The number of nitrogens with two attached hydrogens (primary N) is 6. The Kier molecular flexibility index (Phi) is 4.48. The summed E-state index contributed by atoms with van der Waals surface area (Å²) in [4.78, 5) is 0. The van der Waals surface area contributed by atoms with Gasteiger partial charge < -0.3 is 0 Å². The molecule has 0 aromatic heterocycles. The molecule has 0 aliphatic carbocycles. The molecule has 0 saturated carbocycles. The third kappa shape index (κ3) is 4.20. The van der Waals surface area contributed by atoms with Crippen molar-refractivity contribution in [3.8, 4) is 0 Å². The van der Waals surface area contributed by atoms with Gasteiger partial charge in [0.1, 0.15) is 0 Å². The van der Waals surface area contributed by atoms with Crippen LogP contribution in [0.1, 0.15) is 0 Å². The fraction of sp³-hybridized carbons (Fsp3) is 1.00. The van der Waals surface area contributed by atoms with Crippen molar-refractivity contribution in [2.75, 3.05) is 0 Å². The van der Waals surface area contributed by atoms with E-state index in [1.165, 1.54) is 0 Å². The van der Waals surface area contributed by atoms with Crippen LogP contribution >= 0.6 is 0 Å². The predicted molar refractivity (Wildman–Crippen MR) is 37.7 cm³/mol. The second kappa shape index (κ2) is 3.24. The van der Waals surface area contributed by atoms with Gasteiger partial charge in [-0.05, 0) is 0 Å². The molecule has 0 saturated heterocycles. The first-order valence-corrected chi connectivity index (χ1v) is 1.98. The molecule has 52 valence electrons. The van der Waals surface area contributed by atoms with Crippen molar-refractivity contribution in [1.29, 1.82) is 0 Å². The molecule has 0 aliphatic rings. The van der Waals surface area contributed by atoms with Crippen molar-refractivity contribution in [3.05, 3.63) is 0 Å². The van der Waals surface area contributed by atoms with E-state index in [1.54, 1.807) is 0 Å². The van der Waals surface area contributed by atoms with Gasteiger partial charge in [-0.1, -0.05) is 0 Å². The normalized spacial score (nSPS) is 12.7. The van der Waals surface area contributed by atoms with E-state index < -0.39 is 11.6 Å². The first-order chi connectivity index (χ1) is 3.25. The molecule has 6 nitrogen and oxygen atoms in total. The van der Waals surface area contributed by atoms with Crippen molar-refractivity contribution >= 4 is 29.6 Å². The predicted octanol–water partition coefficient (Wildman–Crippen LogP) is -4.60. The molecule has 0 spiro atoms. The Morgan fingerprint density at radius 2 is 0.667 bits per heavy atom. The van der Waals surface area contributed by atoms with E-state index in [2.05, 4.69) is 0 Å². The standard InChI is InChI=1S/C2H12N6.Na.H/c3-1(4,5)2(6,7)8;;/h3-8H2;;. The van der Waals surface area contributed by atoms with Gasteiger partial charge in [0.25, 0.3) is 0 Å². The molecule has 0 unspecified atom stereocenters. The first kappa shape index (κ1) is 12.4. The molecule has 9 heavy (non-hydrogen) atoms. The minimum atomic E-state index is -1.73. The van der Waals surface area contributed by atoms with Gasteiger partial charge in [0, 0.05) is 0 Å². The number of rotatable bonds is 1.